The number of hydrogen-bond donors (Lipinski definition) is 2. The van der Waals surface area contributed by atoms with Gasteiger partial charge in [0.15, 0.2) is 0 Å². The lowest BCUT2D eigenvalue weighted by Crippen LogP contribution is -2.32. The molecule has 1 aromatic heterocycles. The molecule has 4 saturated heterocycles. The van der Waals surface area contributed by atoms with Gasteiger partial charge in [-0.2, -0.15) is 0 Å². The summed E-state index contributed by atoms with van der Waals surface area (Å²) in [6.45, 7) is 0. The molecule has 4 aliphatic rings. The van der Waals surface area contributed by atoms with Crippen LogP contribution in [0, 0.1) is 0 Å². The lowest BCUT2D eigenvalue weighted by Gasteiger charge is -2.22. The molecule has 6 atom stereocenters. The van der Waals surface area contributed by atoms with Gasteiger partial charge in [0, 0.05) is 6.07 Å². The fourth-order valence-corrected chi connectivity index (χ4v) is 4.47. The minimum absolute atomic E-state index is 0.357. The van der Waals surface area contributed by atoms with Gasteiger partial charge >= 0.3 is 0 Å². The van der Waals surface area contributed by atoms with Crippen molar-refractivity contribution in [3.63, 3.8) is 0 Å². The topological polar surface area (TPSA) is 68.3 Å². The molecule has 118 valence electrons. The van der Waals surface area contributed by atoms with Gasteiger partial charge in [-0.15, -0.1) is 0 Å². The van der Waals surface area contributed by atoms with Crippen molar-refractivity contribution in [1.29, 1.82) is 0 Å². The smallest absolute Gasteiger partial charge is 0.131 e. The van der Waals surface area contributed by atoms with E-state index in [9.17, 15) is 0 Å². The molecule has 5 rings (SSSR count). The van der Waals surface area contributed by atoms with E-state index < -0.39 is 0 Å². The molecule has 6 nitrogen and oxygen atoms in total. The van der Waals surface area contributed by atoms with Crippen LogP contribution in [-0.4, -0.2) is 46.5 Å². The van der Waals surface area contributed by atoms with Crippen LogP contribution in [0.5, 0.6) is 0 Å². The second kappa shape index (κ2) is 5.06. The van der Waals surface area contributed by atoms with Crippen LogP contribution < -0.4 is 10.6 Å². The van der Waals surface area contributed by atoms with Crippen LogP contribution in [0.15, 0.2) is 12.4 Å². The molecule has 0 radical (unpaired) electrons. The van der Waals surface area contributed by atoms with Gasteiger partial charge in [0.1, 0.15) is 18.0 Å². The molecule has 4 bridgehead atoms. The molecule has 0 amide bonds. The first kappa shape index (κ1) is 13.1. The summed E-state index contributed by atoms with van der Waals surface area (Å²) in [5, 5.41) is 7.05. The minimum Gasteiger partial charge on any atom is -0.373 e. The van der Waals surface area contributed by atoms with Crippen molar-refractivity contribution in [3.8, 4) is 0 Å². The summed E-state index contributed by atoms with van der Waals surface area (Å²) >= 11 is 0. The monoisotopic (exact) mass is 302 g/mol. The van der Waals surface area contributed by atoms with Crippen molar-refractivity contribution in [2.24, 2.45) is 0 Å². The molecule has 0 spiro atoms. The number of fused-ring (bicyclic) bond motifs is 4. The Kier molecular flexibility index (Phi) is 3.01. The highest BCUT2D eigenvalue weighted by atomic mass is 16.5. The minimum atomic E-state index is 0.357. The third kappa shape index (κ3) is 2.25. The quantitative estimate of drug-likeness (QED) is 0.886. The van der Waals surface area contributed by atoms with Crippen LogP contribution in [0.2, 0.25) is 0 Å². The number of aromatic nitrogens is 2. The number of hydrogen-bond acceptors (Lipinski definition) is 6. The summed E-state index contributed by atoms with van der Waals surface area (Å²) in [5.41, 5.74) is 0. The van der Waals surface area contributed by atoms with Crippen LogP contribution >= 0.6 is 0 Å². The highest BCUT2D eigenvalue weighted by Crippen LogP contribution is 2.37. The van der Waals surface area contributed by atoms with Gasteiger partial charge in [0.2, 0.25) is 0 Å². The van der Waals surface area contributed by atoms with Crippen molar-refractivity contribution in [2.45, 2.75) is 75.0 Å². The van der Waals surface area contributed by atoms with Gasteiger partial charge in [0.05, 0.1) is 36.5 Å². The van der Waals surface area contributed by atoms with E-state index in [0.717, 1.165) is 24.5 Å². The van der Waals surface area contributed by atoms with E-state index >= 15 is 0 Å². The van der Waals surface area contributed by atoms with Crippen LogP contribution in [-0.2, 0) is 9.47 Å². The molecule has 4 aliphatic heterocycles. The highest BCUT2D eigenvalue weighted by molar-refractivity contribution is 5.48. The summed E-state index contributed by atoms with van der Waals surface area (Å²) in [5.74, 6) is 1.78. The van der Waals surface area contributed by atoms with Crippen molar-refractivity contribution in [2.75, 3.05) is 10.6 Å². The Bertz CT molecular complexity index is 524. The summed E-state index contributed by atoms with van der Waals surface area (Å²) in [7, 11) is 0. The largest absolute Gasteiger partial charge is 0.373 e. The van der Waals surface area contributed by atoms with E-state index in [1.807, 2.05) is 6.07 Å². The van der Waals surface area contributed by atoms with Crippen molar-refractivity contribution < 1.29 is 9.47 Å². The molecule has 4 fully saturated rings. The molecule has 22 heavy (non-hydrogen) atoms. The molecular formula is C16H22N4O2. The molecule has 0 unspecified atom stereocenters. The Morgan fingerprint density at radius 3 is 1.77 bits per heavy atom. The molecule has 0 aromatic carbocycles. The Balaban J connectivity index is 1.25. The van der Waals surface area contributed by atoms with Crippen LogP contribution in [0.25, 0.3) is 0 Å². The van der Waals surface area contributed by atoms with Crippen LogP contribution in [0.1, 0.15) is 38.5 Å². The van der Waals surface area contributed by atoms with E-state index in [2.05, 4.69) is 20.6 Å². The number of anilines is 2. The third-order valence-corrected chi connectivity index (χ3v) is 5.55. The maximum atomic E-state index is 5.89. The standard InChI is InChI=1S/C16H22N4O2/c1-3-13-11(5-9(1)21-13)19-15-7-16(18-8-17-15)20-12-6-10-2-4-14(12)22-10/h7-14H,1-6H2,(H2,17,18,19,20)/t9-,10-,11+,12+,13-,14-/m0/s1. The number of nitrogens with one attached hydrogen (secondary N) is 2. The fourth-order valence-electron chi connectivity index (χ4n) is 4.47. The molecule has 6 heteroatoms. The highest BCUT2D eigenvalue weighted by Gasteiger charge is 2.42. The van der Waals surface area contributed by atoms with E-state index in [-0.39, 0.29) is 0 Å². The zero-order chi connectivity index (χ0) is 14.5. The molecular weight excluding hydrogens is 280 g/mol. The van der Waals surface area contributed by atoms with E-state index in [1.54, 1.807) is 6.33 Å². The second-order valence-electron chi connectivity index (χ2n) is 7.01. The van der Waals surface area contributed by atoms with Crippen molar-refractivity contribution >= 4 is 11.6 Å². The molecule has 0 aliphatic carbocycles. The lowest BCUT2D eigenvalue weighted by molar-refractivity contribution is 0.102. The van der Waals surface area contributed by atoms with E-state index in [1.165, 1.54) is 25.7 Å². The Hall–Kier alpha value is -1.40. The zero-order valence-corrected chi connectivity index (χ0v) is 12.6. The summed E-state index contributed by atoms with van der Waals surface area (Å²) in [6, 6.07) is 2.80. The number of rotatable bonds is 4. The van der Waals surface area contributed by atoms with Gasteiger partial charge in [0.25, 0.3) is 0 Å². The van der Waals surface area contributed by atoms with Gasteiger partial charge in [-0.25, -0.2) is 9.97 Å². The SMILES string of the molecule is c1nc(N[C@@H]2C[C@@H]3CC[C@@H]2O3)cc(N[C@@H]2C[C@@H]3CC[C@@H]2O3)n1. The normalized spacial score (nSPS) is 42.0. The predicted molar refractivity (Wildman–Crippen MR) is 81.9 cm³/mol. The molecule has 1 aromatic rings. The van der Waals surface area contributed by atoms with Crippen molar-refractivity contribution in [1.82, 2.24) is 9.97 Å². The third-order valence-electron chi connectivity index (χ3n) is 5.55. The summed E-state index contributed by atoms with van der Waals surface area (Å²) < 4.78 is 11.8. The first-order valence-corrected chi connectivity index (χ1v) is 8.49. The lowest BCUT2D eigenvalue weighted by atomic mass is 9.95. The molecule has 0 saturated carbocycles. The first-order valence-electron chi connectivity index (χ1n) is 8.49. The predicted octanol–water partition coefficient (Wildman–Crippen LogP) is 1.94. The first-order chi connectivity index (χ1) is 10.8. The van der Waals surface area contributed by atoms with Gasteiger partial charge in [-0.05, 0) is 38.5 Å². The van der Waals surface area contributed by atoms with Gasteiger partial charge in [-0.1, -0.05) is 0 Å². The maximum Gasteiger partial charge on any atom is 0.131 e. The average Bonchev–Trinajstić information content (AvgIpc) is 3.28. The number of ether oxygens (including phenoxy) is 2. The number of nitrogens with zero attached hydrogens (tertiary/aromatic N) is 2. The second-order valence-corrected chi connectivity index (χ2v) is 7.01. The van der Waals surface area contributed by atoms with E-state index in [0.29, 0.717) is 36.5 Å². The van der Waals surface area contributed by atoms with E-state index in [4.69, 9.17) is 9.47 Å². The van der Waals surface area contributed by atoms with Crippen LogP contribution in [0.3, 0.4) is 0 Å². The average molecular weight is 302 g/mol. The molecule has 2 N–H and O–H groups in total. The summed E-state index contributed by atoms with van der Waals surface area (Å²) in [4.78, 5) is 8.72. The van der Waals surface area contributed by atoms with Crippen LogP contribution in [0.4, 0.5) is 11.6 Å². The zero-order valence-electron chi connectivity index (χ0n) is 12.6. The van der Waals surface area contributed by atoms with Gasteiger partial charge < -0.3 is 20.1 Å². The Morgan fingerprint density at radius 1 is 0.818 bits per heavy atom. The Morgan fingerprint density at radius 2 is 1.36 bits per heavy atom. The Labute approximate surface area is 130 Å². The molecule has 5 heterocycles. The summed E-state index contributed by atoms with van der Waals surface area (Å²) in [6.07, 6.45) is 10.2. The van der Waals surface area contributed by atoms with Crippen molar-refractivity contribution in [3.05, 3.63) is 12.4 Å². The van der Waals surface area contributed by atoms with Gasteiger partial charge in [-0.3, -0.25) is 0 Å². The fraction of sp³-hybridized carbons (Fsp3) is 0.750. The maximum absolute atomic E-state index is 5.89.